The van der Waals surface area contributed by atoms with Crippen LogP contribution in [0.1, 0.15) is 24.2 Å². The van der Waals surface area contributed by atoms with Gasteiger partial charge < -0.3 is 0 Å². The van der Waals surface area contributed by atoms with Gasteiger partial charge in [-0.25, -0.2) is 0 Å². The maximum absolute atomic E-state index is 12.1. The van der Waals surface area contributed by atoms with Crippen LogP contribution in [0, 0.1) is 0 Å². The molecule has 0 saturated carbocycles. The molecule has 1 saturated heterocycles. The molecule has 1 aliphatic rings. The first-order valence-corrected chi connectivity index (χ1v) is 7.17. The Kier molecular flexibility index (Phi) is 4.24. The minimum Gasteiger partial charge on any atom is -0.293 e. The lowest BCUT2D eigenvalue weighted by molar-refractivity contribution is 0.0902. The van der Waals surface area contributed by atoms with Crippen molar-refractivity contribution >= 4 is 17.5 Å². The predicted molar refractivity (Wildman–Crippen MR) is 73.7 cm³/mol. The Morgan fingerprint density at radius 3 is 2.76 bits per heavy atom. The fourth-order valence-corrected chi connectivity index (χ4v) is 3.28. The van der Waals surface area contributed by atoms with Crippen molar-refractivity contribution in [3.63, 3.8) is 0 Å². The first-order valence-electron chi connectivity index (χ1n) is 6.12. The number of rotatable bonds is 3. The summed E-state index contributed by atoms with van der Waals surface area (Å²) >= 11 is 2.00. The monoisotopic (exact) mass is 249 g/mol. The molecule has 0 aliphatic carbocycles. The molecule has 2 unspecified atom stereocenters. The third kappa shape index (κ3) is 3.11. The number of hydrogen-bond donors (Lipinski definition) is 0. The van der Waals surface area contributed by atoms with Gasteiger partial charge in [-0.15, -0.1) is 0 Å². The van der Waals surface area contributed by atoms with Crippen molar-refractivity contribution < 1.29 is 4.79 Å². The zero-order valence-electron chi connectivity index (χ0n) is 10.4. The number of nitrogens with zero attached hydrogens (tertiary/aromatic N) is 1. The molecule has 0 N–H and O–H groups in total. The highest BCUT2D eigenvalue weighted by Gasteiger charge is 2.26. The Hall–Kier alpha value is -0.800. The van der Waals surface area contributed by atoms with E-state index in [2.05, 4.69) is 18.7 Å². The first-order chi connectivity index (χ1) is 8.18. The molecule has 2 rings (SSSR count). The van der Waals surface area contributed by atoms with Crippen LogP contribution < -0.4 is 0 Å². The maximum atomic E-state index is 12.1. The second-order valence-electron chi connectivity index (χ2n) is 4.58. The van der Waals surface area contributed by atoms with Gasteiger partial charge in [-0.3, -0.25) is 9.69 Å². The van der Waals surface area contributed by atoms with Gasteiger partial charge in [0.15, 0.2) is 5.78 Å². The van der Waals surface area contributed by atoms with Gasteiger partial charge >= 0.3 is 0 Å². The molecule has 1 heterocycles. The molecule has 17 heavy (non-hydrogen) atoms. The van der Waals surface area contributed by atoms with Crippen LogP contribution in [0.3, 0.4) is 0 Å². The molecule has 0 spiro atoms. The number of Topliss-reactive ketones (excluding diaryl/α,β-unsaturated/α-hetero) is 1. The normalized spacial score (nSPS) is 25.8. The summed E-state index contributed by atoms with van der Waals surface area (Å²) in [6, 6.07) is 10.1. The second-order valence-corrected chi connectivity index (χ2v) is 6.06. The van der Waals surface area contributed by atoms with Crippen LogP contribution in [0.4, 0.5) is 0 Å². The maximum Gasteiger partial charge on any atom is 0.176 e. The van der Waals surface area contributed by atoms with E-state index in [-0.39, 0.29) is 5.78 Å². The molecule has 3 heteroatoms. The molecule has 2 nitrogen and oxygen atoms in total. The lowest BCUT2D eigenvalue weighted by Crippen LogP contribution is -2.46. The predicted octanol–water partition coefficient (Wildman–Crippen LogP) is 2.70. The van der Waals surface area contributed by atoms with Gasteiger partial charge in [0, 0.05) is 29.2 Å². The summed E-state index contributed by atoms with van der Waals surface area (Å²) in [5, 5.41) is 0.618. The van der Waals surface area contributed by atoms with E-state index in [1.54, 1.807) is 0 Å². The van der Waals surface area contributed by atoms with E-state index in [1.807, 2.05) is 42.1 Å². The highest BCUT2D eigenvalue weighted by molar-refractivity contribution is 8.00. The average Bonchev–Trinajstić information content (AvgIpc) is 2.36. The van der Waals surface area contributed by atoms with Crippen molar-refractivity contribution in [1.82, 2.24) is 4.90 Å². The first kappa shape index (κ1) is 12.7. The van der Waals surface area contributed by atoms with Crippen LogP contribution in [0.15, 0.2) is 30.3 Å². The van der Waals surface area contributed by atoms with Gasteiger partial charge in [-0.05, 0) is 6.92 Å². The SMILES string of the molecule is CC1SCCN(CC(=O)c2ccccc2)C1C. The molecule has 0 aromatic heterocycles. The number of ketones is 1. The van der Waals surface area contributed by atoms with Crippen LogP contribution in [-0.4, -0.2) is 40.8 Å². The summed E-state index contributed by atoms with van der Waals surface area (Å²) in [4.78, 5) is 14.4. The summed E-state index contributed by atoms with van der Waals surface area (Å²) in [6.45, 7) is 6.04. The molecular weight excluding hydrogens is 230 g/mol. The van der Waals surface area contributed by atoms with Crippen LogP contribution >= 0.6 is 11.8 Å². The molecule has 1 aliphatic heterocycles. The van der Waals surface area contributed by atoms with Gasteiger partial charge in [0.25, 0.3) is 0 Å². The van der Waals surface area contributed by atoms with Crippen LogP contribution in [0.2, 0.25) is 0 Å². The van der Waals surface area contributed by atoms with E-state index in [0.717, 1.165) is 17.9 Å². The minimum absolute atomic E-state index is 0.233. The van der Waals surface area contributed by atoms with Crippen molar-refractivity contribution in [2.24, 2.45) is 0 Å². The highest BCUT2D eigenvalue weighted by Crippen LogP contribution is 2.24. The molecule has 2 atom stereocenters. The number of hydrogen-bond acceptors (Lipinski definition) is 3. The van der Waals surface area contributed by atoms with Crippen molar-refractivity contribution in [3.05, 3.63) is 35.9 Å². The number of benzene rings is 1. The fraction of sp³-hybridized carbons (Fsp3) is 0.500. The van der Waals surface area contributed by atoms with Crippen LogP contribution in [-0.2, 0) is 0 Å². The molecule has 1 aromatic carbocycles. The molecular formula is C14H19NOS. The Balaban J connectivity index is 1.99. The van der Waals surface area contributed by atoms with Crippen molar-refractivity contribution in [3.8, 4) is 0 Å². The van der Waals surface area contributed by atoms with Gasteiger partial charge in [0.1, 0.15) is 0 Å². The molecule has 0 radical (unpaired) electrons. The Bertz CT molecular complexity index is 379. The molecule has 0 amide bonds. The third-order valence-electron chi connectivity index (χ3n) is 3.46. The van der Waals surface area contributed by atoms with Gasteiger partial charge in [0.05, 0.1) is 6.54 Å². The smallest absolute Gasteiger partial charge is 0.176 e. The van der Waals surface area contributed by atoms with Crippen molar-refractivity contribution in [1.29, 1.82) is 0 Å². The lowest BCUT2D eigenvalue weighted by Gasteiger charge is -2.36. The van der Waals surface area contributed by atoms with Crippen molar-refractivity contribution in [2.45, 2.75) is 25.1 Å². The van der Waals surface area contributed by atoms with Crippen molar-refractivity contribution in [2.75, 3.05) is 18.8 Å². The van der Waals surface area contributed by atoms with E-state index in [9.17, 15) is 4.79 Å². The summed E-state index contributed by atoms with van der Waals surface area (Å²) in [5.41, 5.74) is 0.825. The number of carbonyl (C=O) groups excluding carboxylic acids is 1. The molecule has 92 valence electrons. The fourth-order valence-electron chi connectivity index (χ4n) is 2.12. The Morgan fingerprint density at radius 2 is 2.06 bits per heavy atom. The molecule has 1 fully saturated rings. The van der Waals surface area contributed by atoms with Crippen LogP contribution in [0.25, 0.3) is 0 Å². The third-order valence-corrected chi connectivity index (χ3v) is 4.79. The van der Waals surface area contributed by atoms with E-state index >= 15 is 0 Å². The van der Waals surface area contributed by atoms with E-state index in [1.165, 1.54) is 0 Å². The number of thioether (sulfide) groups is 1. The van der Waals surface area contributed by atoms with Gasteiger partial charge in [-0.1, -0.05) is 37.3 Å². The topological polar surface area (TPSA) is 20.3 Å². The van der Waals surface area contributed by atoms with Gasteiger partial charge in [0.2, 0.25) is 0 Å². The summed E-state index contributed by atoms with van der Waals surface area (Å²) in [5.74, 6) is 1.37. The minimum atomic E-state index is 0.233. The summed E-state index contributed by atoms with van der Waals surface area (Å²) < 4.78 is 0. The lowest BCUT2D eigenvalue weighted by atomic mass is 10.1. The zero-order valence-corrected chi connectivity index (χ0v) is 11.2. The van der Waals surface area contributed by atoms with E-state index in [0.29, 0.717) is 17.8 Å². The molecule has 0 bridgehead atoms. The Labute approximate surface area is 107 Å². The van der Waals surface area contributed by atoms with Gasteiger partial charge in [-0.2, -0.15) is 11.8 Å². The number of carbonyl (C=O) groups is 1. The van der Waals surface area contributed by atoms with E-state index in [4.69, 9.17) is 0 Å². The highest BCUT2D eigenvalue weighted by atomic mass is 32.2. The second kappa shape index (κ2) is 5.69. The quantitative estimate of drug-likeness (QED) is 0.768. The zero-order chi connectivity index (χ0) is 12.3. The summed E-state index contributed by atoms with van der Waals surface area (Å²) in [7, 11) is 0. The van der Waals surface area contributed by atoms with E-state index < -0.39 is 0 Å². The molecule has 1 aromatic rings. The van der Waals surface area contributed by atoms with Crippen LogP contribution in [0.5, 0.6) is 0 Å². The summed E-state index contributed by atoms with van der Waals surface area (Å²) in [6.07, 6.45) is 0. The Morgan fingerprint density at radius 1 is 1.35 bits per heavy atom. The standard InChI is InChI=1S/C14H19NOS/c1-11-12(2)17-9-8-15(11)10-14(16)13-6-4-3-5-7-13/h3-7,11-12H,8-10H2,1-2H3. The average molecular weight is 249 g/mol. The largest absolute Gasteiger partial charge is 0.293 e.